The third kappa shape index (κ3) is 2.66. The Kier molecular flexibility index (Phi) is 3.94. The standard InChI is InChI=1S/C16H15BrN2O2/c1-18-15(11-6-12(20-2)9-19-8-11)14-7-10-4-3-5-13(17)16(10)21-14/h3-9,15,18H,1-2H3. The van der Waals surface area contributed by atoms with E-state index in [0.717, 1.165) is 32.5 Å². The van der Waals surface area contributed by atoms with E-state index >= 15 is 0 Å². The van der Waals surface area contributed by atoms with Crippen LogP contribution >= 0.6 is 15.9 Å². The number of ether oxygens (including phenoxy) is 1. The van der Waals surface area contributed by atoms with E-state index in [4.69, 9.17) is 9.15 Å². The Hall–Kier alpha value is -1.85. The average Bonchev–Trinajstić information content (AvgIpc) is 2.93. The van der Waals surface area contributed by atoms with Crippen LogP contribution in [0.5, 0.6) is 5.75 Å². The van der Waals surface area contributed by atoms with E-state index in [1.165, 1.54) is 0 Å². The number of pyridine rings is 1. The summed E-state index contributed by atoms with van der Waals surface area (Å²) in [4.78, 5) is 4.21. The molecule has 0 fully saturated rings. The maximum Gasteiger partial charge on any atom is 0.148 e. The first kappa shape index (κ1) is 14.1. The highest BCUT2D eigenvalue weighted by Gasteiger charge is 2.18. The van der Waals surface area contributed by atoms with Gasteiger partial charge in [-0.1, -0.05) is 12.1 Å². The number of hydrogen-bond acceptors (Lipinski definition) is 4. The molecule has 0 spiro atoms. The van der Waals surface area contributed by atoms with Crippen LogP contribution in [0, 0.1) is 0 Å². The van der Waals surface area contributed by atoms with E-state index in [1.807, 2.05) is 43.6 Å². The second kappa shape index (κ2) is 5.87. The van der Waals surface area contributed by atoms with Crippen molar-refractivity contribution < 1.29 is 9.15 Å². The fourth-order valence-electron chi connectivity index (χ4n) is 2.37. The molecule has 108 valence electrons. The number of para-hydroxylation sites is 1. The van der Waals surface area contributed by atoms with Crippen LogP contribution in [0.1, 0.15) is 17.4 Å². The molecule has 0 aliphatic heterocycles. The highest BCUT2D eigenvalue weighted by molar-refractivity contribution is 9.10. The highest BCUT2D eigenvalue weighted by Crippen LogP contribution is 2.32. The molecule has 0 aliphatic rings. The summed E-state index contributed by atoms with van der Waals surface area (Å²) in [6.07, 6.45) is 3.50. The van der Waals surface area contributed by atoms with Crippen LogP contribution in [-0.4, -0.2) is 19.1 Å². The minimum Gasteiger partial charge on any atom is -0.495 e. The molecule has 0 saturated carbocycles. The number of halogens is 1. The van der Waals surface area contributed by atoms with Gasteiger partial charge in [0.25, 0.3) is 0 Å². The van der Waals surface area contributed by atoms with Crippen LogP contribution in [-0.2, 0) is 0 Å². The molecule has 1 unspecified atom stereocenters. The Morgan fingerprint density at radius 3 is 2.86 bits per heavy atom. The van der Waals surface area contributed by atoms with Crippen molar-refractivity contribution in [3.8, 4) is 5.75 Å². The number of nitrogens with one attached hydrogen (secondary N) is 1. The summed E-state index contributed by atoms with van der Waals surface area (Å²) < 4.78 is 12.2. The summed E-state index contributed by atoms with van der Waals surface area (Å²) >= 11 is 3.51. The SMILES string of the molecule is CNC(c1cncc(OC)c1)c1cc2cccc(Br)c2o1. The Bertz CT molecular complexity index is 770. The Labute approximate surface area is 131 Å². The van der Waals surface area contributed by atoms with Gasteiger partial charge in [-0.2, -0.15) is 0 Å². The normalized spacial score (nSPS) is 12.5. The average molecular weight is 347 g/mol. The molecule has 2 aromatic heterocycles. The molecule has 0 radical (unpaired) electrons. The van der Waals surface area contributed by atoms with Crippen molar-refractivity contribution in [2.24, 2.45) is 0 Å². The molecule has 5 heteroatoms. The third-order valence-electron chi connectivity index (χ3n) is 3.39. The Morgan fingerprint density at radius 2 is 2.14 bits per heavy atom. The van der Waals surface area contributed by atoms with Gasteiger partial charge in [0.2, 0.25) is 0 Å². The van der Waals surface area contributed by atoms with Crippen LogP contribution in [0.15, 0.2) is 51.6 Å². The van der Waals surface area contributed by atoms with E-state index in [0.29, 0.717) is 0 Å². The predicted octanol–water partition coefficient (Wildman–Crippen LogP) is 3.91. The molecule has 0 saturated heterocycles. The summed E-state index contributed by atoms with van der Waals surface area (Å²) in [6.45, 7) is 0. The molecule has 0 amide bonds. The maximum absolute atomic E-state index is 6.00. The monoisotopic (exact) mass is 346 g/mol. The van der Waals surface area contributed by atoms with Gasteiger partial charge < -0.3 is 14.5 Å². The zero-order chi connectivity index (χ0) is 14.8. The molecule has 1 N–H and O–H groups in total. The third-order valence-corrected chi connectivity index (χ3v) is 4.02. The molecule has 3 rings (SSSR count). The van der Waals surface area contributed by atoms with Crippen LogP contribution in [0.3, 0.4) is 0 Å². The number of rotatable bonds is 4. The number of fused-ring (bicyclic) bond motifs is 1. The van der Waals surface area contributed by atoms with Crippen LogP contribution < -0.4 is 10.1 Å². The van der Waals surface area contributed by atoms with E-state index in [1.54, 1.807) is 13.3 Å². The molecule has 2 heterocycles. The summed E-state index contributed by atoms with van der Waals surface area (Å²) in [6, 6.07) is 9.91. The van der Waals surface area contributed by atoms with Gasteiger partial charge in [-0.15, -0.1) is 0 Å². The molecule has 0 bridgehead atoms. The van der Waals surface area contributed by atoms with Crippen molar-refractivity contribution in [1.29, 1.82) is 0 Å². The van der Waals surface area contributed by atoms with Crippen LogP contribution in [0.4, 0.5) is 0 Å². The summed E-state index contributed by atoms with van der Waals surface area (Å²) in [5.74, 6) is 1.57. The predicted molar refractivity (Wildman–Crippen MR) is 85.6 cm³/mol. The molecule has 1 atom stereocenters. The van der Waals surface area contributed by atoms with Crippen molar-refractivity contribution in [1.82, 2.24) is 10.3 Å². The number of methoxy groups -OCH3 is 1. The van der Waals surface area contributed by atoms with E-state index in [-0.39, 0.29) is 6.04 Å². The van der Waals surface area contributed by atoms with Gasteiger partial charge in [-0.3, -0.25) is 4.98 Å². The zero-order valence-electron chi connectivity index (χ0n) is 11.8. The lowest BCUT2D eigenvalue weighted by Crippen LogP contribution is -2.17. The minimum absolute atomic E-state index is 0.0769. The lowest BCUT2D eigenvalue weighted by Gasteiger charge is -2.14. The van der Waals surface area contributed by atoms with Crippen molar-refractivity contribution in [3.63, 3.8) is 0 Å². The second-order valence-corrected chi connectivity index (χ2v) is 5.54. The van der Waals surface area contributed by atoms with Gasteiger partial charge in [0.05, 0.1) is 23.8 Å². The second-order valence-electron chi connectivity index (χ2n) is 4.69. The molecule has 3 aromatic rings. The quantitative estimate of drug-likeness (QED) is 0.777. The first-order chi connectivity index (χ1) is 10.2. The smallest absolute Gasteiger partial charge is 0.148 e. The topological polar surface area (TPSA) is 47.3 Å². The van der Waals surface area contributed by atoms with E-state index in [9.17, 15) is 0 Å². The van der Waals surface area contributed by atoms with Gasteiger partial charge in [0, 0.05) is 11.6 Å². The van der Waals surface area contributed by atoms with Crippen molar-refractivity contribution in [2.75, 3.05) is 14.2 Å². The molecule has 4 nitrogen and oxygen atoms in total. The molecule has 0 aliphatic carbocycles. The minimum atomic E-state index is -0.0769. The lowest BCUT2D eigenvalue weighted by atomic mass is 10.1. The first-order valence-corrected chi connectivity index (χ1v) is 7.36. The Morgan fingerprint density at radius 1 is 1.29 bits per heavy atom. The zero-order valence-corrected chi connectivity index (χ0v) is 13.3. The highest BCUT2D eigenvalue weighted by atomic mass is 79.9. The Balaban J connectivity index is 2.07. The van der Waals surface area contributed by atoms with Gasteiger partial charge in [-0.25, -0.2) is 0 Å². The lowest BCUT2D eigenvalue weighted by molar-refractivity contribution is 0.410. The van der Waals surface area contributed by atoms with Gasteiger partial charge in [0.1, 0.15) is 17.1 Å². The van der Waals surface area contributed by atoms with Crippen LogP contribution in [0.25, 0.3) is 11.0 Å². The summed E-state index contributed by atoms with van der Waals surface area (Å²) in [7, 11) is 3.53. The molecular weight excluding hydrogens is 332 g/mol. The number of hydrogen-bond donors (Lipinski definition) is 1. The largest absolute Gasteiger partial charge is 0.495 e. The summed E-state index contributed by atoms with van der Waals surface area (Å²) in [5, 5.41) is 4.33. The fourth-order valence-corrected chi connectivity index (χ4v) is 2.83. The van der Waals surface area contributed by atoms with Crippen molar-refractivity contribution >= 4 is 26.9 Å². The number of benzene rings is 1. The van der Waals surface area contributed by atoms with Crippen molar-refractivity contribution in [2.45, 2.75) is 6.04 Å². The molecule has 21 heavy (non-hydrogen) atoms. The number of nitrogens with zero attached hydrogens (tertiary/aromatic N) is 1. The van der Waals surface area contributed by atoms with E-state index in [2.05, 4.69) is 26.2 Å². The van der Waals surface area contributed by atoms with Crippen LogP contribution in [0.2, 0.25) is 0 Å². The van der Waals surface area contributed by atoms with Crippen molar-refractivity contribution in [3.05, 3.63) is 58.5 Å². The van der Waals surface area contributed by atoms with Gasteiger partial charge in [-0.05, 0) is 46.7 Å². The van der Waals surface area contributed by atoms with E-state index < -0.39 is 0 Å². The molecular formula is C16H15BrN2O2. The number of furan rings is 1. The van der Waals surface area contributed by atoms with Gasteiger partial charge in [0.15, 0.2) is 0 Å². The molecule has 1 aromatic carbocycles. The maximum atomic E-state index is 6.00. The first-order valence-electron chi connectivity index (χ1n) is 6.57. The van der Waals surface area contributed by atoms with Gasteiger partial charge >= 0.3 is 0 Å². The summed E-state index contributed by atoms with van der Waals surface area (Å²) in [5.41, 5.74) is 1.84. The fraction of sp³-hybridized carbons (Fsp3) is 0.188. The number of aromatic nitrogens is 1.